The Bertz CT molecular complexity index is 754. The Labute approximate surface area is 144 Å². The molecule has 0 aliphatic heterocycles. The van der Waals surface area contributed by atoms with Crippen LogP contribution in [-0.2, 0) is 17.6 Å². The molecule has 0 bridgehead atoms. The molecule has 0 radical (unpaired) electrons. The van der Waals surface area contributed by atoms with Gasteiger partial charge < -0.3 is 14.6 Å². The number of amides is 1. The van der Waals surface area contributed by atoms with Gasteiger partial charge in [0, 0.05) is 5.56 Å². The summed E-state index contributed by atoms with van der Waals surface area (Å²) in [6, 6.07) is 4.78. The predicted octanol–water partition coefficient (Wildman–Crippen LogP) is 3.63. The fraction of sp³-hybridized carbons (Fsp3) is 0.444. The molecule has 0 saturated heterocycles. The number of hydrogen-bond donors (Lipinski definition) is 1. The van der Waals surface area contributed by atoms with Crippen molar-refractivity contribution in [2.45, 2.75) is 52.2 Å². The highest BCUT2D eigenvalue weighted by Crippen LogP contribution is 2.32. The van der Waals surface area contributed by atoms with E-state index in [4.69, 9.17) is 4.52 Å². The summed E-state index contributed by atoms with van der Waals surface area (Å²) >= 11 is 0. The number of fused-ring (bicyclic) bond motifs is 1. The largest absolute Gasteiger partial charge is 0.435 e. The van der Waals surface area contributed by atoms with Gasteiger partial charge in [-0.15, -0.1) is 0 Å². The van der Waals surface area contributed by atoms with E-state index >= 15 is 0 Å². The number of alkyl halides is 2. The van der Waals surface area contributed by atoms with Gasteiger partial charge in [0.1, 0.15) is 11.5 Å². The van der Waals surface area contributed by atoms with E-state index in [1.165, 1.54) is 6.07 Å². The molecular weight excluding hydrogens is 330 g/mol. The van der Waals surface area contributed by atoms with Gasteiger partial charge in [0.25, 0.3) is 0 Å². The number of ether oxygens (including phenoxy) is 1. The third-order valence-electron chi connectivity index (χ3n) is 4.51. The van der Waals surface area contributed by atoms with Crippen LogP contribution in [0.1, 0.15) is 47.0 Å². The van der Waals surface area contributed by atoms with Crippen LogP contribution in [-0.4, -0.2) is 17.7 Å². The number of aromatic nitrogens is 1. The minimum atomic E-state index is -2.84. The Morgan fingerprint density at radius 3 is 2.92 bits per heavy atom. The van der Waals surface area contributed by atoms with E-state index in [1.54, 1.807) is 26.0 Å². The topological polar surface area (TPSA) is 64.4 Å². The molecular formula is C18H20F2N2O3. The van der Waals surface area contributed by atoms with Crippen molar-refractivity contribution in [2.24, 2.45) is 0 Å². The van der Waals surface area contributed by atoms with Crippen molar-refractivity contribution in [3.05, 3.63) is 46.3 Å². The Morgan fingerprint density at radius 2 is 2.24 bits per heavy atom. The van der Waals surface area contributed by atoms with Gasteiger partial charge in [0.15, 0.2) is 0 Å². The van der Waals surface area contributed by atoms with E-state index in [-0.39, 0.29) is 24.1 Å². The molecule has 1 aromatic heterocycles. The molecule has 1 aromatic carbocycles. The van der Waals surface area contributed by atoms with Gasteiger partial charge in [-0.3, -0.25) is 4.79 Å². The molecule has 0 saturated carbocycles. The van der Waals surface area contributed by atoms with Gasteiger partial charge in [-0.25, -0.2) is 0 Å². The molecule has 25 heavy (non-hydrogen) atoms. The van der Waals surface area contributed by atoms with Crippen molar-refractivity contribution in [1.82, 2.24) is 10.5 Å². The summed E-state index contributed by atoms with van der Waals surface area (Å²) < 4.78 is 34.2. The Kier molecular flexibility index (Phi) is 5.01. The zero-order valence-electron chi connectivity index (χ0n) is 14.1. The van der Waals surface area contributed by atoms with Crippen LogP contribution < -0.4 is 10.1 Å². The van der Waals surface area contributed by atoms with E-state index in [1.807, 2.05) is 0 Å². The number of nitrogens with one attached hydrogen (secondary N) is 1. The van der Waals surface area contributed by atoms with Crippen molar-refractivity contribution in [3.63, 3.8) is 0 Å². The zero-order valence-corrected chi connectivity index (χ0v) is 14.1. The van der Waals surface area contributed by atoms with E-state index in [0.717, 1.165) is 36.0 Å². The van der Waals surface area contributed by atoms with Crippen LogP contribution in [0.2, 0.25) is 0 Å². The number of carbonyl (C=O) groups excluding carboxylic acids is 1. The maximum absolute atomic E-state index is 12.4. The second-order valence-corrected chi connectivity index (χ2v) is 6.23. The summed E-state index contributed by atoms with van der Waals surface area (Å²) in [5.41, 5.74) is 3.41. The van der Waals surface area contributed by atoms with Crippen molar-refractivity contribution in [2.75, 3.05) is 0 Å². The molecule has 7 heteroatoms. The lowest BCUT2D eigenvalue weighted by Gasteiger charge is -2.27. The average molecular weight is 350 g/mol. The first kappa shape index (κ1) is 17.4. The molecule has 1 heterocycles. The molecule has 1 N–H and O–H groups in total. The highest BCUT2D eigenvalue weighted by Gasteiger charge is 2.23. The molecule has 134 valence electrons. The lowest BCUT2D eigenvalue weighted by atomic mass is 9.87. The molecule has 0 spiro atoms. The second kappa shape index (κ2) is 7.21. The highest BCUT2D eigenvalue weighted by atomic mass is 19.3. The summed E-state index contributed by atoms with van der Waals surface area (Å²) in [5, 5.41) is 6.89. The minimum Gasteiger partial charge on any atom is -0.435 e. The van der Waals surface area contributed by atoms with Crippen LogP contribution >= 0.6 is 0 Å². The van der Waals surface area contributed by atoms with Gasteiger partial charge in [-0.05, 0) is 56.4 Å². The minimum absolute atomic E-state index is 0.111. The molecule has 0 unspecified atom stereocenters. The average Bonchev–Trinajstić information content (AvgIpc) is 2.86. The number of aryl methyl sites for hydroxylation is 3. The van der Waals surface area contributed by atoms with Gasteiger partial charge in [0.05, 0.1) is 18.2 Å². The molecule has 0 fully saturated rings. The van der Waals surface area contributed by atoms with E-state index in [9.17, 15) is 13.6 Å². The summed E-state index contributed by atoms with van der Waals surface area (Å²) in [6.45, 7) is 0.745. The van der Waals surface area contributed by atoms with Crippen molar-refractivity contribution < 1.29 is 22.8 Å². The number of carbonyl (C=O) groups is 1. The van der Waals surface area contributed by atoms with Crippen LogP contribution in [0, 0.1) is 13.8 Å². The molecule has 1 aliphatic rings. The van der Waals surface area contributed by atoms with Crippen LogP contribution in [0.3, 0.4) is 0 Å². The lowest BCUT2D eigenvalue weighted by molar-refractivity contribution is -0.121. The summed E-state index contributed by atoms with van der Waals surface area (Å²) in [4.78, 5) is 12.4. The van der Waals surface area contributed by atoms with Gasteiger partial charge in [-0.1, -0.05) is 11.2 Å². The maximum Gasteiger partial charge on any atom is 0.387 e. The third kappa shape index (κ3) is 3.97. The smallest absolute Gasteiger partial charge is 0.387 e. The second-order valence-electron chi connectivity index (χ2n) is 6.23. The Hall–Kier alpha value is -2.44. The lowest BCUT2D eigenvalue weighted by Crippen LogP contribution is -2.32. The molecule has 2 aromatic rings. The van der Waals surface area contributed by atoms with E-state index in [0.29, 0.717) is 11.5 Å². The van der Waals surface area contributed by atoms with Crippen molar-refractivity contribution in [1.29, 1.82) is 0 Å². The quantitative estimate of drug-likeness (QED) is 0.894. The summed E-state index contributed by atoms with van der Waals surface area (Å²) in [6.07, 6.45) is 2.68. The van der Waals surface area contributed by atoms with Crippen LogP contribution in [0.15, 0.2) is 22.7 Å². The Morgan fingerprint density at radius 1 is 1.44 bits per heavy atom. The Balaban J connectivity index is 1.71. The standard InChI is InChI=1S/C18H20F2N2O3/c1-10-15(11(2)25-22-10)9-17(23)21-16-5-3-4-12-8-13(24-18(19)20)6-7-14(12)16/h6-8,16,18H,3-5,9H2,1-2H3,(H,21,23)/t16-/m0/s1. The first-order valence-corrected chi connectivity index (χ1v) is 8.22. The number of halogens is 2. The predicted molar refractivity (Wildman–Crippen MR) is 86.6 cm³/mol. The normalized spacial score (nSPS) is 16.6. The maximum atomic E-state index is 12.4. The number of benzene rings is 1. The fourth-order valence-corrected chi connectivity index (χ4v) is 3.28. The summed E-state index contributed by atoms with van der Waals surface area (Å²) in [5.74, 6) is 0.682. The van der Waals surface area contributed by atoms with Crippen LogP contribution in [0.25, 0.3) is 0 Å². The van der Waals surface area contributed by atoms with Gasteiger partial charge >= 0.3 is 6.61 Å². The highest BCUT2D eigenvalue weighted by molar-refractivity contribution is 5.79. The first-order chi connectivity index (χ1) is 11.9. The van der Waals surface area contributed by atoms with Gasteiger partial charge in [0.2, 0.25) is 5.91 Å². The number of hydrogen-bond acceptors (Lipinski definition) is 4. The zero-order chi connectivity index (χ0) is 18.0. The van der Waals surface area contributed by atoms with E-state index < -0.39 is 6.61 Å². The first-order valence-electron chi connectivity index (χ1n) is 8.22. The van der Waals surface area contributed by atoms with Crippen LogP contribution in [0.4, 0.5) is 8.78 Å². The van der Waals surface area contributed by atoms with Crippen molar-refractivity contribution in [3.8, 4) is 5.75 Å². The number of rotatable bonds is 5. The monoisotopic (exact) mass is 350 g/mol. The van der Waals surface area contributed by atoms with Gasteiger partial charge in [-0.2, -0.15) is 8.78 Å². The molecule has 3 rings (SSSR count). The third-order valence-corrected chi connectivity index (χ3v) is 4.51. The molecule has 1 amide bonds. The molecule has 5 nitrogen and oxygen atoms in total. The van der Waals surface area contributed by atoms with Crippen molar-refractivity contribution >= 4 is 5.91 Å². The SMILES string of the molecule is Cc1noc(C)c1CC(=O)N[C@H]1CCCc2cc(OC(F)F)ccc21. The van der Waals surface area contributed by atoms with E-state index in [2.05, 4.69) is 15.2 Å². The van der Waals surface area contributed by atoms with Crippen LogP contribution in [0.5, 0.6) is 5.75 Å². The molecule has 1 aliphatic carbocycles. The number of nitrogens with zero attached hydrogens (tertiary/aromatic N) is 1. The summed E-state index contributed by atoms with van der Waals surface area (Å²) in [7, 11) is 0. The fourth-order valence-electron chi connectivity index (χ4n) is 3.28. The molecule has 1 atom stereocenters.